The fourth-order valence-electron chi connectivity index (χ4n) is 3.86. The molecule has 144 valence electrons. The molecule has 4 rings (SSSR count). The van der Waals surface area contributed by atoms with Gasteiger partial charge in [0.25, 0.3) is 5.91 Å². The lowest BCUT2D eigenvalue weighted by molar-refractivity contribution is 0.0691. The molecule has 1 unspecified atom stereocenters. The molecule has 0 saturated carbocycles. The molecule has 28 heavy (non-hydrogen) atoms. The molecule has 0 bridgehead atoms. The number of carbonyl (C=O) groups is 1. The van der Waals surface area contributed by atoms with Crippen molar-refractivity contribution < 1.29 is 14.1 Å². The second-order valence-electron chi connectivity index (χ2n) is 7.07. The monoisotopic (exact) mass is 376 g/mol. The molecule has 1 amide bonds. The summed E-state index contributed by atoms with van der Waals surface area (Å²) in [5.74, 6) is 1.02. The highest BCUT2D eigenvalue weighted by atomic mass is 16.5. The van der Waals surface area contributed by atoms with Gasteiger partial charge >= 0.3 is 0 Å². The Kier molecular flexibility index (Phi) is 5.42. The van der Waals surface area contributed by atoms with Crippen molar-refractivity contribution in [2.24, 2.45) is 0 Å². The van der Waals surface area contributed by atoms with E-state index in [0.29, 0.717) is 12.3 Å². The number of rotatable bonds is 6. The van der Waals surface area contributed by atoms with Crippen LogP contribution in [-0.4, -0.2) is 29.6 Å². The fourth-order valence-corrected chi connectivity index (χ4v) is 3.86. The van der Waals surface area contributed by atoms with Gasteiger partial charge in [0.05, 0.1) is 18.8 Å². The maximum absolute atomic E-state index is 13.1. The van der Waals surface area contributed by atoms with Crippen molar-refractivity contribution in [3.05, 3.63) is 83.2 Å². The van der Waals surface area contributed by atoms with Crippen LogP contribution in [0.2, 0.25) is 0 Å². The number of carbonyl (C=O) groups excluding carboxylic acids is 1. The molecule has 1 aliphatic rings. The minimum atomic E-state index is -0.105. The highest BCUT2D eigenvalue weighted by Crippen LogP contribution is 2.37. The van der Waals surface area contributed by atoms with Gasteiger partial charge in [-0.3, -0.25) is 4.79 Å². The van der Waals surface area contributed by atoms with Gasteiger partial charge in [0.2, 0.25) is 5.76 Å². The largest absolute Gasteiger partial charge is 0.496 e. The number of ether oxygens (including phenoxy) is 1. The summed E-state index contributed by atoms with van der Waals surface area (Å²) in [6, 6.07) is 19.9. The molecular formula is C23H24N2O3. The number of hydrogen-bond donors (Lipinski definition) is 0. The van der Waals surface area contributed by atoms with E-state index in [1.165, 1.54) is 5.56 Å². The lowest BCUT2D eigenvalue weighted by Gasteiger charge is -2.25. The first kappa shape index (κ1) is 18.3. The van der Waals surface area contributed by atoms with Crippen LogP contribution >= 0.6 is 0 Å². The number of hydrogen-bond acceptors (Lipinski definition) is 4. The van der Waals surface area contributed by atoms with E-state index >= 15 is 0 Å². The maximum Gasteiger partial charge on any atom is 0.292 e. The van der Waals surface area contributed by atoms with Crippen LogP contribution in [0.3, 0.4) is 0 Å². The van der Waals surface area contributed by atoms with E-state index in [-0.39, 0.29) is 11.9 Å². The Morgan fingerprint density at radius 1 is 1.14 bits per heavy atom. The van der Waals surface area contributed by atoms with Crippen LogP contribution in [0.15, 0.2) is 65.2 Å². The summed E-state index contributed by atoms with van der Waals surface area (Å²) >= 11 is 0. The van der Waals surface area contributed by atoms with E-state index in [4.69, 9.17) is 9.26 Å². The van der Waals surface area contributed by atoms with Gasteiger partial charge in [-0.15, -0.1) is 0 Å². The van der Waals surface area contributed by atoms with Crippen molar-refractivity contribution in [3.63, 3.8) is 0 Å². The third-order valence-electron chi connectivity index (χ3n) is 5.29. The Balaban J connectivity index is 1.47. The quantitative estimate of drug-likeness (QED) is 0.638. The Morgan fingerprint density at radius 2 is 1.93 bits per heavy atom. The van der Waals surface area contributed by atoms with Gasteiger partial charge in [-0.2, -0.15) is 0 Å². The zero-order valence-electron chi connectivity index (χ0n) is 16.0. The molecule has 1 atom stereocenters. The summed E-state index contributed by atoms with van der Waals surface area (Å²) in [7, 11) is 1.66. The van der Waals surface area contributed by atoms with E-state index < -0.39 is 0 Å². The van der Waals surface area contributed by atoms with Crippen molar-refractivity contribution in [3.8, 4) is 5.75 Å². The molecule has 3 aromatic rings. The summed E-state index contributed by atoms with van der Waals surface area (Å²) in [6.45, 7) is 0.710. The summed E-state index contributed by atoms with van der Waals surface area (Å²) in [6.07, 6.45) is 3.50. The molecule has 5 nitrogen and oxygen atoms in total. The fraction of sp³-hybridized carbons (Fsp3) is 0.304. The second-order valence-corrected chi connectivity index (χ2v) is 7.07. The predicted octanol–water partition coefficient (Wildman–Crippen LogP) is 4.45. The van der Waals surface area contributed by atoms with Crippen LogP contribution in [-0.2, 0) is 12.8 Å². The highest BCUT2D eigenvalue weighted by Gasteiger charge is 2.34. The normalized spacial score (nSPS) is 16.3. The average molecular weight is 376 g/mol. The minimum absolute atomic E-state index is 0.00141. The number of aromatic nitrogens is 1. The Bertz CT molecular complexity index is 936. The summed E-state index contributed by atoms with van der Waals surface area (Å²) < 4.78 is 10.9. The standard InChI is InChI=1S/C23H24N2O3/c1-27-21-12-6-5-10-19(21)20-11-7-15-25(20)23(26)22-16-18(24-28-22)14-13-17-8-3-2-4-9-17/h2-6,8-10,12,16,20H,7,11,13-15H2,1H3. The van der Waals surface area contributed by atoms with Gasteiger partial charge in [-0.1, -0.05) is 53.7 Å². The molecule has 1 fully saturated rings. The zero-order chi connectivity index (χ0) is 19.3. The maximum atomic E-state index is 13.1. The molecule has 2 heterocycles. The number of nitrogens with zero attached hydrogens (tertiary/aromatic N) is 2. The van der Waals surface area contributed by atoms with Gasteiger partial charge in [-0.25, -0.2) is 0 Å². The summed E-state index contributed by atoms with van der Waals surface area (Å²) in [5.41, 5.74) is 3.09. The molecule has 5 heteroatoms. The molecule has 0 spiro atoms. The SMILES string of the molecule is COc1ccccc1C1CCCN1C(=O)c1cc(CCc2ccccc2)no1. The number of aryl methyl sites for hydroxylation is 2. The molecule has 1 saturated heterocycles. The van der Waals surface area contributed by atoms with Crippen LogP contribution in [0.5, 0.6) is 5.75 Å². The average Bonchev–Trinajstić information content (AvgIpc) is 3.42. The Morgan fingerprint density at radius 3 is 2.75 bits per heavy atom. The van der Waals surface area contributed by atoms with Gasteiger partial charge < -0.3 is 14.2 Å². The lowest BCUT2D eigenvalue weighted by atomic mass is 10.0. The summed E-state index contributed by atoms with van der Waals surface area (Å²) in [4.78, 5) is 14.9. The Hall–Kier alpha value is -3.08. The topological polar surface area (TPSA) is 55.6 Å². The first-order valence-electron chi connectivity index (χ1n) is 9.69. The highest BCUT2D eigenvalue weighted by molar-refractivity contribution is 5.92. The predicted molar refractivity (Wildman–Crippen MR) is 106 cm³/mol. The molecule has 1 aromatic heterocycles. The van der Waals surface area contributed by atoms with E-state index in [9.17, 15) is 4.79 Å². The van der Waals surface area contributed by atoms with E-state index in [1.807, 2.05) is 47.4 Å². The second kappa shape index (κ2) is 8.30. The first-order valence-corrected chi connectivity index (χ1v) is 9.69. The van der Waals surface area contributed by atoms with Crippen LogP contribution in [0.25, 0.3) is 0 Å². The molecule has 1 aliphatic heterocycles. The number of methoxy groups -OCH3 is 1. The van der Waals surface area contributed by atoms with Crippen molar-refractivity contribution in [1.82, 2.24) is 10.1 Å². The smallest absolute Gasteiger partial charge is 0.292 e. The molecular weight excluding hydrogens is 352 g/mol. The molecule has 2 aromatic carbocycles. The lowest BCUT2D eigenvalue weighted by Crippen LogP contribution is -2.30. The molecule has 0 aliphatic carbocycles. The van der Waals surface area contributed by atoms with Crippen molar-refractivity contribution in [2.45, 2.75) is 31.7 Å². The van der Waals surface area contributed by atoms with Crippen LogP contribution in [0, 0.1) is 0 Å². The number of benzene rings is 2. The van der Waals surface area contributed by atoms with Crippen LogP contribution < -0.4 is 4.74 Å². The third-order valence-corrected chi connectivity index (χ3v) is 5.29. The summed E-state index contributed by atoms with van der Waals surface area (Å²) in [5, 5.41) is 4.11. The van der Waals surface area contributed by atoms with Crippen molar-refractivity contribution in [1.29, 1.82) is 0 Å². The van der Waals surface area contributed by atoms with Crippen molar-refractivity contribution >= 4 is 5.91 Å². The number of para-hydroxylation sites is 1. The Labute approximate surface area is 164 Å². The van der Waals surface area contributed by atoms with Gasteiger partial charge in [0.1, 0.15) is 5.75 Å². The van der Waals surface area contributed by atoms with Gasteiger partial charge in [0, 0.05) is 18.2 Å². The van der Waals surface area contributed by atoms with E-state index in [1.54, 1.807) is 13.2 Å². The third kappa shape index (κ3) is 3.79. The minimum Gasteiger partial charge on any atom is -0.496 e. The van der Waals surface area contributed by atoms with Gasteiger partial charge in [-0.05, 0) is 37.3 Å². The molecule has 0 radical (unpaired) electrons. The van der Waals surface area contributed by atoms with E-state index in [0.717, 1.165) is 42.7 Å². The van der Waals surface area contributed by atoms with Crippen LogP contribution in [0.4, 0.5) is 0 Å². The molecule has 0 N–H and O–H groups in total. The zero-order valence-corrected chi connectivity index (χ0v) is 16.0. The number of likely N-dealkylation sites (tertiary alicyclic amines) is 1. The first-order chi connectivity index (χ1) is 13.8. The van der Waals surface area contributed by atoms with Crippen LogP contribution in [0.1, 0.15) is 46.3 Å². The van der Waals surface area contributed by atoms with Gasteiger partial charge in [0.15, 0.2) is 0 Å². The number of amides is 1. The van der Waals surface area contributed by atoms with Crippen molar-refractivity contribution in [2.75, 3.05) is 13.7 Å². The van der Waals surface area contributed by atoms with E-state index in [2.05, 4.69) is 17.3 Å².